The first-order chi connectivity index (χ1) is 14.7. The summed E-state index contributed by atoms with van der Waals surface area (Å²) in [7, 11) is 0. The van der Waals surface area contributed by atoms with Crippen molar-refractivity contribution in [2.45, 2.75) is 6.04 Å². The fourth-order valence-electron chi connectivity index (χ4n) is 3.67. The Morgan fingerprint density at radius 3 is 2.37 bits per heavy atom. The number of amides is 1. The van der Waals surface area contributed by atoms with Gasteiger partial charge in [0.1, 0.15) is 11.9 Å². The van der Waals surface area contributed by atoms with Gasteiger partial charge in [0.05, 0.1) is 16.6 Å². The number of rotatable bonds is 4. The van der Waals surface area contributed by atoms with Crippen LogP contribution in [0.2, 0.25) is 0 Å². The predicted octanol–water partition coefficient (Wildman–Crippen LogP) is 3.92. The van der Waals surface area contributed by atoms with E-state index in [9.17, 15) is 9.59 Å². The zero-order chi connectivity index (χ0) is 20.5. The molecule has 0 aliphatic carbocycles. The van der Waals surface area contributed by atoms with Crippen LogP contribution in [0.25, 0.3) is 21.8 Å². The van der Waals surface area contributed by atoms with Gasteiger partial charge in [-0.1, -0.05) is 60.7 Å². The second kappa shape index (κ2) is 7.33. The number of para-hydroxylation sites is 2. The Labute approximate surface area is 171 Å². The van der Waals surface area contributed by atoms with Crippen molar-refractivity contribution in [1.29, 1.82) is 0 Å². The summed E-state index contributed by atoms with van der Waals surface area (Å²) >= 11 is 0. The molecule has 0 aliphatic rings. The van der Waals surface area contributed by atoms with Crippen LogP contribution in [-0.2, 0) is 0 Å². The van der Waals surface area contributed by atoms with Crippen LogP contribution in [0.3, 0.4) is 0 Å². The molecule has 30 heavy (non-hydrogen) atoms. The van der Waals surface area contributed by atoms with Crippen molar-refractivity contribution in [1.82, 2.24) is 20.3 Å². The van der Waals surface area contributed by atoms with Crippen LogP contribution in [0.1, 0.15) is 27.8 Å². The fraction of sp³-hybridized carbons (Fsp3) is 0.0417. The summed E-state index contributed by atoms with van der Waals surface area (Å²) in [6.45, 7) is 0. The quantitative estimate of drug-likeness (QED) is 0.431. The molecular formula is C24H18N4O2. The molecule has 146 valence electrons. The van der Waals surface area contributed by atoms with Crippen molar-refractivity contribution >= 4 is 27.7 Å². The monoisotopic (exact) mass is 394 g/mol. The first-order valence-corrected chi connectivity index (χ1v) is 9.61. The van der Waals surface area contributed by atoms with Crippen LogP contribution in [-0.4, -0.2) is 20.9 Å². The first kappa shape index (κ1) is 17.9. The van der Waals surface area contributed by atoms with Gasteiger partial charge in [-0.25, -0.2) is 4.98 Å². The second-order valence-corrected chi connectivity index (χ2v) is 7.03. The number of nitrogens with one attached hydrogen (secondary N) is 3. The van der Waals surface area contributed by atoms with Gasteiger partial charge in [0, 0.05) is 17.0 Å². The molecule has 1 atom stereocenters. The van der Waals surface area contributed by atoms with Crippen LogP contribution in [0.5, 0.6) is 0 Å². The lowest BCUT2D eigenvalue weighted by Crippen LogP contribution is -2.30. The highest BCUT2D eigenvalue weighted by atomic mass is 16.2. The summed E-state index contributed by atoms with van der Waals surface area (Å²) in [6, 6.07) is 24.0. The maximum Gasteiger partial charge on any atom is 0.255 e. The summed E-state index contributed by atoms with van der Waals surface area (Å²) < 4.78 is 0. The summed E-state index contributed by atoms with van der Waals surface area (Å²) in [6.07, 6.45) is 1.46. The van der Waals surface area contributed by atoms with Gasteiger partial charge in [0.15, 0.2) is 0 Å². The third-order valence-corrected chi connectivity index (χ3v) is 5.14. The lowest BCUT2D eigenvalue weighted by molar-refractivity contribution is 0.0943. The van der Waals surface area contributed by atoms with Gasteiger partial charge in [-0.2, -0.15) is 0 Å². The van der Waals surface area contributed by atoms with Gasteiger partial charge in [0.25, 0.3) is 11.5 Å². The SMILES string of the molecule is O=C(N[C@H](c1ccccc1)c1nc2ccccc2[nH]1)c1c[nH]c(=O)c2ccccc12. The molecule has 1 amide bonds. The van der Waals surface area contributed by atoms with E-state index < -0.39 is 6.04 Å². The zero-order valence-electron chi connectivity index (χ0n) is 15.9. The van der Waals surface area contributed by atoms with E-state index in [-0.39, 0.29) is 11.5 Å². The Morgan fingerprint density at radius 2 is 1.57 bits per heavy atom. The average Bonchev–Trinajstić information content (AvgIpc) is 3.22. The number of hydrogen-bond acceptors (Lipinski definition) is 3. The van der Waals surface area contributed by atoms with Crippen molar-refractivity contribution in [3.8, 4) is 0 Å². The molecule has 0 spiro atoms. The van der Waals surface area contributed by atoms with E-state index in [2.05, 4.69) is 20.3 Å². The number of fused-ring (bicyclic) bond motifs is 2. The molecule has 0 radical (unpaired) electrons. The summed E-state index contributed by atoms with van der Waals surface area (Å²) in [5.41, 5.74) is 2.81. The highest BCUT2D eigenvalue weighted by molar-refractivity contribution is 6.06. The van der Waals surface area contributed by atoms with Gasteiger partial charge >= 0.3 is 0 Å². The molecule has 2 heterocycles. The van der Waals surface area contributed by atoms with Gasteiger partial charge in [0.2, 0.25) is 0 Å². The second-order valence-electron chi connectivity index (χ2n) is 7.03. The maximum atomic E-state index is 13.3. The van der Waals surface area contributed by atoms with Gasteiger partial charge in [-0.15, -0.1) is 0 Å². The molecule has 6 nitrogen and oxygen atoms in total. The molecule has 0 aliphatic heterocycles. The van der Waals surface area contributed by atoms with Gasteiger partial charge < -0.3 is 15.3 Å². The Bertz CT molecular complexity index is 1390. The van der Waals surface area contributed by atoms with E-state index in [1.165, 1.54) is 6.20 Å². The van der Waals surface area contributed by atoms with Crippen LogP contribution >= 0.6 is 0 Å². The van der Waals surface area contributed by atoms with Crippen molar-refractivity contribution < 1.29 is 4.79 Å². The summed E-state index contributed by atoms with van der Waals surface area (Å²) in [4.78, 5) is 36.0. The minimum atomic E-state index is -0.475. The smallest absolute Gasteiger partial charge is 0.255 e. The average molecular weight is 394 g/mol. The maximum absolute atomic E-state index is 13.3. The van der Waals surface area contributed by atoms with E-state index >= 15 is 0 Å². The van der Waals surface area contributed by atoms with E-state index in [1.807, 2.05) is 60.7 Å². The number of carbonyl (C=O) groups is 1. The largest absolute Gasteiger partial charge is 0.340 e. The molecular weight excluding hydrogens is 376 g/mol. The standard InChI is InChI=1S/C24H18N4O2/c29-23-17-11-5-4-10-16(17)18(14-25-23)24(30)28-21(15-8-2-1-3-9-15)22-26-19-12-6-7-13-20(19)27-22/h1-14,21H,(H,25,29)(H,26,27)(H,28,30)/t21-/m1/s1. The number of hydrogen-bond donors (Lipinski definition) is 3. The number of carbonyl (C=O) groups excluding carboxylic acids is 1. The van der Waals surface area contributed by atoms with Crippen molar-refractivity contribution in [3.05, 3.63) is 112 Å². The van der Waals surface area contributed by atoms with Crippen LogP contribution < -0.4 is 10.9 Å². The molecule has 0 saturated carbocycles. The highest BCUT2D eigenvalue weighted by Gasteiger charge is 2.22. The molecule has 5 aromatic rings. The molecule has 6 heteroatoms. The summed E-state index contributed by atoms with van der Waals surface area (Å²) in [5.74, 6) is 0.348. The van der Waals surface area contributed by atoms with Crippen LogP contribution in [0.15, 0.2) is 89.9 Å². The lowest BCUT2D eigenvalue weighted by Gasteiger charge is -2.18. The molecule has 0 fully saturated rings. The van der Waals surface area contributed by atoms with Crippen molar-refractivity contribution in [3.63, 3.8) is 0 Å². The Hall–Kier alpha value is -4.19. The first-order valence-electron chi connectivity index (χ1n) is 9.61. The van der Waals surface area contributed by atoms with E-state index in [0.29, 0.717) is 22.2 Å². The molecule has 3 aromatic carbocycles. The number of aromatic nitrogens is 3. The van der Waals surface area contributed by atoms with E-state index in [0.717, 1.165) is 16.6 Å². The normalized spacial score (nSPS) is 12.1. The molecule has 0 saturated heterocycles. The summed E-state index contributed by atoms with van der Waals surface area (Å²) in [5, 5.41) is 4.17. The number of benzene rings is 3. The molecule has 3 N–H and O–H groups in total. The van der Waals surface area contributed by atoms with Crippen LogP contribution in [0.4, 0.5) is 0 Å². The third kappa shape index (κ3) is 3.14. The van der Waals surface area contributed by atoms with Crippen LogP contribution in [0, 0.1) is 0 Å². The molecule has 5 rings (SSSR count). The number of aromatic amines is 2. The molecule has 2 aromatic heterocycles. The third-order valence-electron chi connectivity index (χ3n) is 5.14. The minimum absolute atomic E-state index is 0.223. The molecule has 0 bridgehead atoms. The zero-order valence-corrected chi connectivity index (χ0v) is 15.9. The van der Waals surface area contributed by atoms with E-state index in [4.69, 9.17) is 0 Å². The highest BCUT2D eigenvalue weighted by Crippen LogP contribution is 2.24. The Balaban J connectivity index is 1.59. The number of H-pyrrole nitrogens is 2. The topological polar surface area (TPSA) is 90.6 Å². The van der Waals surface area contributed by atoms with E-state index in [1.54, 1.807) is 18.2 Å². The Morgan fingerprint density at radius 1 is 0.867 bits per heavy atom. The van der Waals surface area contributed by atoms with Gasteiger partial charge in [-0.3, -0.25) is 9.59 Å². The van der Waals surface area contributed by atoms with Crippen molar-refractivity contribution in [2.75, 3.05) is 0 Å². The number of nitrogens with zero attached hydrogens (tertiary/aromatic N) is 1. The number of imidazole rings is 1. The number of pyridine rings is 1. The Kier molecular flexibility index (Phi) is 4.37. The minimum Gasteiger partial charge on any atom is -0.340 e. The van der Waals surface area contributed by atoms with Gasteiger partial charge in [-0.05, 0) is 23.8 Å². The lowest BCUT2D eigenvalue weighted by atomic mass is 10.0. The fourth-order valence-corrected chi connectivity index (χ4v) is 3.67. The predicted molar refractivity (Wildman–Crippen MR) is 116 cm³/mol. The molecule has 0 unspecified atom stereocenters. The van der Waals surface area contributed by atoms with Crippen molar-refractivity contribution in [2.24, 2.45) is 0 Å².